The van der Waals surface area contributed by atoms with Crippen molar-refractivity contribution in [2.45, 2.75) is 49.0 Å². The molecule has 1 aromatic carbocycles. The van der Waals surface area contributed by atoms with Crippen LogP contribution in [0.1, 0.15) is 38.2 Å². The number of sulfonamides is 1. The van der Waals surface area contributed by atoms with Crippen molar-refractivity contribution >= 4 is 50.4 Å². The number of amides is 1. The Morgan fingerprint density at radius 2 is 1.95 bits per heavy atom. The number of nitrogens with one attached hydrogen (secondary N) is 3. The lowest BCUT2D eigenvalue weighted by Crippen LogP contribution is -2.54. The lowest BCUT2D eigenvalue weighted by Gasteiger charge is -2.44. The van der Waals surface area contributed by atoms with Crippen molar-refractivity contribution < 1.29 is 22.7 Å². The van der Waals surface area contributed by atoms with E-state index in [4.69, 9.17) is 17.0 Å². The fourth-order valence-corrected chi connectivity index (χ4v) is 6.11. The number of likely N-dealkylation sites (N-methyl/N-ethyl adjacent to an activating group) is 1. The van der Waals surface area contributed by atoms with Gasteiger partial charge in [-0.3, -0.25) is 9.59 Å². The molecular formula is C25H29N5O5S2. The summed E-state index contributed by atoms with van der Waals surface area (Å²) in [4.78, 5) is 28.9. The summed E-state index contributed by atoms with van der Waals surface area (Å²) in [6, 6.07) is 9.49. The van der Waals surface area contributed by atoms with E-state index < -0.39 is 34.1 Å². The molecule has 2 unspecified atom stereocenters. The SMILES string of the molecule is CNC(=S)C1(c2ccc3nccn3c2)CCCCC1OC(=O)CNS(=O)(=O)c1ccc(NC(C)=O)cc1. The van der Waals surface area contributed by atoms with Gasteiger partial charge < -0.3 is 19.8 Å². The number of pyridine rings is 1. The van der Waals surface area contributed by atoms with Gasteiger partial charge in [0.1, 0.15) is 18.3 Å². The molecular weight excluding hydrogens is 514 g/mol. The molecule has 3 N–H and O–H groups in total. The van der Waals surface area contributed by atoms with Gasteiger partial charge in [-0.1, -0.05) is 24.7 Å². The number of anilines is 1. The second-order valence-corrected chi connectivity index (χ2v) is 11.1. The number of fused-ring (bicyclic) bond motifs is 1. The molecule has 37 heavy (non-hydrogen) atoms. The summed E-state index contributed by atoms with van der Waals surface area (Å²) in [6.07, 6.45) is 7.95. The Kier molecular flexibility index (Phi) is 7.90. The molecule has 1 fully saturated rings. The van der Waals surface area contributed by atoms with Crippen LogP contribution in [-0.4, -0.2) is 54.4 Å². The van der Waals surface area contributed by atoms with Gasteiger partial charge in [-0.15, -0.1) is 0 Å². The Balaban J connectivity index is 1.51. The molecule has 1 amide bonds. The summed E-state index contributed by atoms with van der Waals surface area (Å²) in [5.41, 5.74) is 1.40. The van der Waals surface area contributed by atoms with Crippen LogP contribution >= 0.6 is 12.2 Å². The van der Waals surface area contributed by atoms with Crippen LogP contribution in [-0.2, 0) is 29.8 Å². The molecule has 3 aromatic rings. The number of imidazole rings is 1. The molecule has 4 rings (SSSR count). The Labute approximate surface area is 220 Å². The topological polar surface area (TPSA) is 131 Å². The first kappa shape index (κ1) is 26.7. The van der Waals surface area contributed by atoms with E-state index in [2.05, 4.69) is 20.3 Å². The van der Waals surface area contributed by atoms with Gasteiger partial charge >= 0.3 is 5.97 Å². The van der Waals surface area contributed by atoms with Gasteiger partial charge in [0.15, 0.2) is 0 Å². The Morgan fingerprint density at radius 3 is 2.65 bits per heavy atom. The van der Waals surface area contributed by atoms with E-state index in [1.807, 2.05) is 28.9 Å². The highest BCUT2D eigenvalue weighted by Gasteiger charge is 2.48. The first-order valence-electron chi connectivity index (χ1n) is 11.9. The highest BCUT2D eigenvalue weighted by atomic mass is 32.2. The largest absolute Gasteiger partial charge is 0.460 e. The van der Waals surface area contributed by atoms with E-state index in [9.17, 15) is 18.0 Å². The smallest absolute Gasteiger partial charge is 0.321 e. The molecule has 1 saturated carbocycles. The minimum absolute atomic E-state index is 0.0357. The summed E-state index contributed by atoms with van der Waals surface area (Å²) in [7, 11) is -2.22. The van der Waals surface area contributed by atoms with Crippen LogP contribution in [0.2, 0.25) is 0 Å². The molecule has 0 radical (unpaired) electrons. The predicted molar refractivity (Wildman–Crippen MR) is 143 cm³/mol. The number of thiocarbonyl (C=S) groups is 1. The van der Waals surface area contributed by atoms with Crippen LogP contribution < -0.4 is 15.4 Å². The average molecular weight is 544 g/mol. The van der Waals surface area contributed by atoms with Gasteiger partial charge in [-0.2, -0.15) is 4.72 Å². The number of hydrogen-bond acceptors (Lipinski definition) is 7. The fourth-order valence-electron chi connectivity index (χ4n) is 4.79. The third-order valence-corrected chi connectivity index (χ3v) is 8.52. The molecule has 2 heterocycles. The van der Waals surface area contributed by atoms with Gasteiger partial charge in [0.05, 0.1) is 15.3 Å². The average Bonchev–Trinajstić information content (AvgIpc) is 3.35. The monoisotopic (exact) mass is 543 g/mol. The molecule has 0 aliphatic heterocycles. The Bertz CT molecular complexity index is 1420. The van der Waals surface area contributed by atoms with E-state index in [0.29, 0.717) is 23.5 Å². The van der Waals surface area contributed by atoms with Gasteiger partial charge in [-0.05, 0) is 55.2 Å². The number of ether oxygens (including phenoxy) is 1. The minimum Gasteiger partial charge on any atom is -0.460 e. The highest BCUT2D eigenvalue weighted by molar-refractivity contribution is 7.89. The highest BCUT2D eigenvalue weighted by Crippen LogP contribution is 2.42. The molecule has 0 spiro atoms. The van der Waals surface area contributed by atoms with Crippen molar-refractivity contribution in [3.8, 4) is 0 Å². The van der Waals surface area contributed by atoms with Crippen LogP contribution in [0.5, 0.6) is 0 Å². The van der Waals surface area contributed by atoms with E-state index in [1.165, 1.54) is 31.2 Å². The molecule has 2 atom stereocenters. The zero-order valence-electron chi connectivity index (χ0n) is 20.6. The van der Waals surface area contributed by atoms with Crippen LogP contribution in [0, 0.1) is 0 Å². The van der Waals surface area contributed by atoms with Crippen molar-refractivity contribution in [1.82, 2.24) is 19.4 Å². The first-order chi connectivity index (χ1) is 17.7. The van der Waals surface area contributed by atoms with Crippen LogP contribution in [0.3, 0.4) is 0 Å². The summed E-state index contributed by atoms with van der Waals surface area (Å²) in [6.45, 7) is 0.827. The molecule has 1 aliphatic rings. The lowest BCUT2D eigenvalue weighted by molar-refractivity contribution is -0.151. The predicted octanol–water partition coefficient (Wildman–Crippen LogP) is 2.54. The zero-order valence-corrected chi connectivity index (χ0v) is 22.2. The fraction of sp³-hybridized carbons (Fsp3) is 0.360. The second kappa shape index (κ2) is 11.0. The van der Waals surface area contributed by atoms with E-state index in [-0.39, 0.29) is 10.8 Å². The number of hydrogen-bond donors (Lipinski definition) is 3. The molecule has 10 nitrogen and oxygen atoms in total. The normalized spacial score (nSPS) is 19.8. The number of esters is 1. The second-order valence-electron chi connectivity index (χ2n) is 8.92. The van der Waals surface area contributed by atoms with Crippen molar-refractivity contribution in [3.05, 3.63) is 60.6 Å². The maximum atomic E-state index is 12.9. The van der Waals surface area contributed by atoms with Crippen molar-refractivity contribution in [1.29, 1.82) is 0 Å². The zero-order chi connectivity index (χ0) is 26.6. The van der Waals surface area contributed by atoms with Crippen LogP contribution in [0.25, 0.3) is 5.65 Å². The molecule has 196 valence electrons. The Morgan fingerprint density at radius 1 is 1.19 bits per heavy atom. The standard InChI is InChI=1S/C25H29N5O5S2/c1-17(31)29-19-7-9-20(10-8-19)37(33,34)28-15-23(32)35-21-5-3-4-12-25(21,24(36)26-2)18-6-11-22-27-13-14-30(22)16-18/h6-11,13-14,16,21,28H,3-5,12,15H2,1-2H3,(H,26,36)(H,29,31). The summed E-state index contributed by atoms with van der Waals surface area (Å²) >= 11 is 5.76. The minimum atomic E-state index is -3.97. The number of benzene rings is 1. The Hall–Kier alpha value is -3.35. The van der Waals surface area contributed by atoms with E-state index in [1.54, 1.807) is 13.2 Å². The quantitative estimate of drug-likeness (QED) is 0.292. The van der Waals surface area contributed by atoms with E-state index >= 15 is 0 Å². The number of aromatic nitrogens is 2. The van der Waals surface area contributed by atoms with Crippen LogP contribution in [0.15, 0.2) is 59.9 Å². The number of rotatable bonds is 8. The van der Waals surface area contributed by atoms with Gasteiger partial charge in [0.25, 0.3) is 0 Å². The third-order valence-electron chi connectivity index (χ3n) is 6.54. The third kappa shape index (κ3) is 5.65. The molecule has 0 bridgehead atoms. The first-order valence-corrected chi connectivity index (χ1v) is 13.8. The molecule has 1 aliphatic carbocycles. The molecule has 0 saturated heterocycles. The van der Waals surface area contributed by atoms with Crippen molar-refractivity contribution in [3.63, 3.8) is 0 Å². The maximum Gasteiger partial charge on any atom is 0.321 e. The lowest BCUT2D eigenvalue weighted by atomic mass is 9.67. The van der Waals surface area contributed by atoms with Gasteiger partial charge in [-0.25, -0.2) is 13.4 Å². The van der Waals surface area contributed by atoms with Crippen molar-refractivity contribution in [2.75, 3.05) is 18.9 Å². The van der Waals surface area contributed by atoms with Crippen LogP contribution in [0.4, 0.5) is 5.69 Å². The summed E-state index contributed by atoms with van der Waals surface area (Å²) in [5, 5.41) is 5.66. The van der Waals surface area contributed by atoms with Gasteiger partial charge in [0.2, 0.25) is 15.9 Å². The number of nitrogens with zero attached hydrogens (tertiary/aromatic N) is 2. The van der Waals surface area contributed by atoms with E-state index in [0.717, 1.165) is 24.1 Å². The molecule has 2 aromatic heterocycles. The van der Waals surface area contributed by atoms with Gasteiger partial charge in [0, 0.05) is 38.2 Å². The van der Waals surface area contributed by atoms with Crippen molar-refractivity contribution in [2.24, 2.45) is 0 Å². The maximum absolute atomic E-state index is 12.9. The summed E-state index contributed by atoms with van der Waals surface area (Å²) in [5.74, 6) is -0.963. The summed E-state index contributed by atoms with van der Waals surface area (Å²) < 4.78 is 35.5. The number of carbonyl (C=O) groups excluding carboxylic acids is 2. The molecule has 12 heteroatoms. The number of carbonyl (C=O) groups is 2.